The van der Waals surface area contributed by atoms with E-state index in [1.807, 2.05) is 18.2 Å². The predicted molar refractivity (Wildman–Crippen MR) is 104 cm³/mol. The molecule has 6 heteroatoms. The van der Waals surface area contributed by atoms with Gasteiger partial charge in [0.2, 0.25) is 0 Å². The van der Waals surface area contributed by atoms with Gasteiger partial charge in [0.1, 0.15) is 26.0 Å². The quantitative estimate of drug-likeness (QED) is 0.485. The first-order valence-corrected chi connectivity index (χ1v) is 11.7. The molecule has 25 heavy (non-hydrogen) atoms. The number of hydrogen-bond acceptors (Lipinski definition) is 3. The first-order chi connectivity index (χ1) is 11.8. The van der Waals surface area contributed by atoms with Crippen LogP contribution in [-0.4, -0.2) is 18.0 Å². The second kappa shape index (κ2) is 6.83. The maximum atomic E-state index is 13.3. The van der Waals surface area contributed by atoms with Crippen LogP contribution < -0.4 is 5.32 Å². The molecule has 126 valence electrons. The molecular formula is C19H17ClFN3Si. The Bertz CT molecular complexity index is 1000. The Morgan fingerprint density at radius 1 is 1.08 bits per heavy atom. The van der Waals surface area contributed by atoms with Gasteiger partial charge in [0, 0.05) is 16.6 Å². The average Bonchev–Trinajstić information content (AvgIpc) is 2.56. The number of nitrogens with one attached hydrogen (secondary N) is 1. The van der Waals surface area contributed by atoms with Crippen molar-refractivity contribution in [3.63, 3.8) is 0 Å². The van der Waals surface area contributed by atoms with E-state index < -0.39 is 13.9 Å². The molecule has 1 aromatic heterocycles. The van der Waals surface area contributed by atoms with Crippen molar-refractivity contribution in [3.8, 4) is 11.5 Å². The number of nitrogens with zero attached hydrogens (tertiary/aromatic N) is 2. The number of anilines is 2. The Morgan fingerprint density at radius 3 is 2.60 bits per heavy atom. The van der Waals surface area contributed by atoms with Crippen LogP contribution in [0.4, 0.5) is 15.9 Å². The maximum absolute atomic E-state index is 13.3. The van der Waals surface area contributed by atoms with Crippen molar-refractivity contribution in [1.29, 1.82) is 0 Å². The lowest BCUT2D eigenvalue weighted by atomic mass is 10.1. The zero-order valence-corrected chi connectivity index (χ0v) is 15.9. The van der Waals surface area contributed by atoms with Gasteiger partial charge in [0.15, 0.2) is 0 Å². The van der Waals surface area contributed by atoms with Crippen LogP contribution in [0.2, 0.25) is 24.7 Å². The van der Waals surface area contributed by atoms with E-state index in [0.717, 1.165) is 16.5 Å². The van der Waals surface area contributed by atoms with Crippen LogP contribution in [0.25, 0.3) is 10.9 Å². The summed E-state index contributed by atoms with van der Waals surface area (Å²) in [5.74, 6) is 3.42. The summed E-state index contributed by atoms with van der Waals surface area (Å²) in [7, 11) is -1.45. The minimum absolute atomic E-state index is 0.0602. The zero-order chi connectivity index (χ0) is 18.0. The molecule has 2 aromatic carbocycles. The van der Waals surface area contributed by atoms with E-state index in [1.54, 1.807) is 6.07 Å². The lowest BCUT2D eigenvalue weighted by Gasteiger charge is -2.09. The molecular weight excluding hydrogens is 353 g/mol. The van der Waals surface area contributed by atoms with Gasteiger partial charge in [0.05, 0.1) is 10.5 Å². The van der Waals surface area contributed by atoms with Gasteiger partial charge in [-0.25, -0.2) is 14.4 Å². The van der Waals surface area contributed by atoms with Crippen molar-refractivity contribution in [2.24, 2.45) is 0 Å². The van der Waals surface area contributed by atoms with Crippen molar-refractivity contribution >= 4 is 42.1 Å². The van der Waals surface area contributed by atoms with Gasteiger partial charge < -0.3 is 5.32 Å². The van der Waals surface area contributed by atoms with Crippen LogP contribution in [-0.2, 0) is 0 Å². The van der Waals surface area contributed by atoms with Crippen LogP contribution in [0.5, 0.6) is 0 Å². The van der Waals surface area contributed by atoms with Crippen LogP contribution in [0, 0.1) is 17.3 Å². The number of benzene rings is 2. The van der Waals surface area contributed by atoms with Gasteiger partial charge in [-0.3, -0.25) is 0 Å². The highest BCUT2D eigenvalue weighted by molar-refractivity contribution is 6.83. The van der Waals surface area contributed by atoms with E-state index in [4.69, 9.17) is 11.6 Å². The standard InChI is InChI=1S/C19H17ClFN3Si/c1-25(2,3)9-8-13-4-7-18-15(10-13)19(23-12-22-18)24-14-5-6-17(21)16(20)11-14/h4-7,10-12H,1-3H3,(H,22,23,24). The highest BCUT2D eigenvalue weighted by Crippen LogP contribution is 2.26. The highest BCUT2D eigenvalue weighted by Gasteiger charge is 2.09. The third-order valence-electron chi connectivity index (χ3n) is 3.40. The molecule has 0 bridgehead atoms. The third kappa shape index (κ3) is 4.35. The van der Waals surface area contributed by atoms with E-state index in [-0.39, 0.29) is 5.02 Å². The van der Waals surface area contributed by atoms with Crippen LogP contribution in [0.3, 0.4) is 0 Å². The largest absolute Gasteiger partial charge is 0.340 e. The monoisotopic (exact) mass is 369 g/mol. The molecule has 1 N–H and O–H groups in total. The summed E-state index contributed by atoms with van der Waals surface area (Å²) in [6.45, 7) is 6.61. The molecule has 0 radical (unpaired) electrons. The molecule has 0 atom stereocenters. The topological polar surface area (TPSA) is 37.8 Å². The van der Waals surface area contributed by atoms with Gasteiger partial charge in [-0.1, -0.05) is 37.2 Å². The summed E-state index contributed by atoms with van der Waals surface area (Å²) >= 11 is 5.85. The molecule has 3 rings (SSSR count). The van der Waals surface area contributed by atoms with Crippen molar-refractivity contribution in [3.05, 3.63) is 59.1 Å². The Hall–Kier alpha value is -2.42. The highest BCUT2D eigenvalue weighted by atomic mass is 35.5. The lowest BCUT2D eigenvalue weighted by Crippen LogP contribution is -2.16. The Balaban J connectivity index is 2.02. The van der Waals surface area contributed by atoms with Gasteiger partial charge >= 0.3 is 0 Å². The van der Waals surface area contributed by atoms with Crippen LogP contribution in [0.1, 0.15) is 5.56 Å². The number of rotatable bonds is 2. The fraction of sp³-hybridized carbons (Fsp3) is 0.158. The van der Waals surface area contributed by atoms with Crippen molar-refractivity contribution in [1.82, 2.24) is 9.97 Å². The van der Waals surface area contributed by atoms with Crippen LogP contribution in [0.15, 0.2) is 42.7 Å². The predicted octanol–water partition coefficient (Wildman–Crippen LogP) is 5.39. The van der Waals surface area contributed by atoms with Gasteiger partial charge in [0.25, 0.3) is 0 Å². The molecule has 0 saturated heterocycles. The normalized spacial score (nSPS) is 11.1. The molecule has 0 aliphatic rings. The summed E-state index contributed by atoms with van der Waals surface area (Å²) in [5, 5.41) is 4.09. The molecule has 0 amide bonds. The number of hydrogen-bond donors (Lipinski definition) is 1. The second-order valence-electron chi connectivity index (χ2n) is 6.71. The third-order valence-corrected chi connectivity index (χ3v) is 4.56. The molecule has 0 spiro atoms. The second-order valence-corrected chi connectivity index (χ2v) is 11.9. The Labute approximate surface area is 152 Å². The zero-order valence-electron chi connectivity index (χ0n) is 14.2. The number of aromatic nitrogens is 2. The van der Waals surface area contributed by atoms with E-state index >= 15 is 0 Å². The molecule has 0 unspecified atom stereocenters. The van der Waals surface area contributed by atoms with E-state index in [9.17, 15) is 4.39 Å². The first-order valence-electron chi connectivity index (χ1n) is 7.82. The number of halogens is 2. The van der Waals surface area contributed by atoms with Crippen molar-refractivity contribution in [2.75, 3.05) is 5.32 Å². The Kier molecular flexibility index (Phi) is 4.75. The van der Waals surface area contributed by atoms with Gasteiger partial charge in [-0.15, -0.1) is 5.54 Å². The van der Waals surface area contributed by atoms with Gasteiger partial charge in [-0.2, -0.15) is 0 Å². The SMILES string of the molecule is C[Si](C)(C)C#Cc1ccc2ncnc(Nc3ccc(F)c(Cl)c3)c2c1. The molecule has 1 heterocycles. The van der Waals surface area contributed by atoms with E-state index in [0.29, 0.717) is 11.5 Å². The van der Waals surface area contributed by atoms with Crippen molar-refractivity contribution < 1.29 is 4.39 Å². The summed E-state index contributed by atoms with van der Waals surface area (Å²) in [6, 6.07) is 10.3. The minimum Gasteiger partial charge on any atom is -0.340 e. The lowest BCUT2D eigenvalue weighted by molar-refractivity contribution is 0.628. The molecule has 3 nitrogen and oxygen atoms in total. The molecule has 0 fully saturated rings. The number of fused-ring (bicyclic) bond motifs is 1. The molecule has 0 saturated carbocycles. The average molecular weight is 370 g/mol. The fourth-order valence-corrected chi connectivity index (χ4v) is 2.90. The fourth-order valence-electron chi connectivity index (χ4n) is 2.20. The van der Waals surface area contributed by atoms with Gasteiger partial charge in [-0.05, 0) is 36.4 Å². The molecule has 3 aromatic rings. The summed E-state index contributed by atoms with van der Waals surface area (Å²) in [4.78, 5) is 8.59. The minimum atomic E-state index is -1.45. The molecule has 0 aliphatic heterocycles. The summed E-state index contributed by atoms with van der Waals surface area (Å²) < 4.78 is 13.3. The first kappa shape index (κ1) is 17.4. The van der Waals surface area contributed by atoms with Crippen molar-refractivity contribution in [2.45, 2.75) is 19.6 Å². The summed E-state index contributed by atoms with van der Waals surface area (Å²) in [6.07, 6.45) is 1.49. The van der Waals surface area contributed by atoms with Crippen LogP contribution >= 0.6 is 11.6 Å². The Morgan fingerprint density at radius 2 is 1.88 bits per heavy atom. The smallest absolute Gasteiger partial charge is 0.141 e. The maximum Gasteiger partial charge on any atom is 0.141 e. The van der Waals surface area contributed by atoms with E-state index in [2.05, 4.69) is 46.4 Å². The summed E-state index contributed by atoms with van der Waals surface area (Å²) in [5.41, 5.74) is 5.74. The van der Waals surface area contributed by atoms with E-state index in [1.165, 1.54) is 18.5 Å². The molecule has 0 aliphatic carbocycles.